The number of aromatic nitrogens is 3. The van der Waals surface area contributed by atoms with E-state index >= 15 is 0 Å². The molecule has 0 N–H and O–H groups in total. The molecule has 8 nitrogen and oxygen atoms in total. The first-order valence-corrected chi connectivity index (χ1v) is 9.36. The molecule has 2 aliphatic heterocycles. The first-order chi connectivity index (χ1) is 14.8. The lowest BCUT2D eigenvalue weighted by Gasteiger charge is -2.26. The van der Waals surface area contributed by atoms with Crippen molar-refractivity contribution in [2.24, 2.45) is 0 Å². The van der Waals surface area contributed by atoms with E-state index in [2.05, 4.69) is 5.10 Å². The fourth-order valence-corrected chi connectivity index (χ4v) is 3.59. The van der Waals surface area contributed by atoms with E-state index in [-0.39, 0.29) is 31.5 Å². The third-order valence-electron chi connectivity index (χ3n) is 5.21. The molecule has 160 valence electrons. The van der Waals surface area contributed by atoms with Crippen LogP contribution in [-0.2, 0) is 19.3 Å². The molecule has 0 fully saturated rings. The number of benzene rings is 2. The van der Waals surface area contributed by atoms with E-state index in [1.807, 2.05) is 0 Å². The zero-order valence-electron chi connectivity index (χ0n) is 15.9. The molecule has 0 saturated carbocycles. The fraction of sp³-hybridized carbons (Fsp3) is 0.250. The quantitative estimate of drug-likeness (QED) is 0.622. The van der Waals surface area contributed by atoms with Gasteiger partial charge in [-0.2, -0.15) is 17.9 Å². The van der Waals surface area contributed by atoms with Gasteiger partial charge in [0.25, 0.3) is 5.91 Å². The molecule has 5 rings (SSSR count). The molecule has 0 aliphatic carbocycles. The Morgan fingerprint density at radius 3 is 2.48 bits per heavy atom. The molecule has 2 aliphatic rings. The maximum Gasteiger partial charge on any atom is 0.416 e. The molecule has 0 radical (unpaired) electrons. The minimum absolute atomic E-state index is 0.0934. The normalized spacial score (nSPS) is 15.1. The van der Waals surface area contributed by atoms with Gasteiger partial charge in [-0.3, -0.25) is 9.36 Å². The summed E-state index contributed by atoms with van der Waals surface area (Å²) in [6.07, 6.45) is -4.47. The molecule has 0 unspecified atom stereocenters. The Morgan fingerprint density at radius 1 is 1.00 bits per heavy atom. The van der Waals surface area contributed by atoms with Crippen molar-refractivity contribution >= 4 is 5.91 Å². The minimum Gasteiger partial charge on any atom is -0.454 e. The lowest BCUT2D eigenvalue weighted by atomic mass is 10.1. The Kier molecular flexibility index (Phi) is 4.27. The van der Waals surface area contributed by atoms with Gasteiger partial charge in [0.15, 0.2) is 17.3 Å². The molecule has 1 aromatic heterocycles. The number of nitrogens with zero attached hydrogens (tertiary/aromatic N) is 4. The molecule has 0 bridgehead atoms. The molecule has 3 aromatic rings. The molecule has 0 saturated heterocycles. The van der Waals surface area contributed by atoms with Crippen LogP contribution in [0.25, 0.3) is 5.69 Å². The average molecular weight is 432 g/mol. The van der Waals surface area contributed by atoms with Crippen LogP contribution >= 0.6 is 0 Å². The highest BCUT2D eigenvalue weighted by atomic mass is 19.4. The Balaban J connectivity index is 1.40. The maximum absolute atomic E-state index is 12.9. The molecule has 11 heteroatoms. The topological polar surface area (TPSA) is 78.6 Å². The highest BCUT2D eigenvalue weighted by Gasteiger charge is 2.31. The van der Waals surface area contributed by atoms with Gasteiger partial charge in [-0.05, 0) is 42.5 Å². The van der Waals surface area contributed by atoms with E-state index < -0.39 is 17.4 Å². The third-order valence-corrected chi connectivity index (χ3v) is 5.21. The third kappa shape index (κ3) is 3.31. The summed E-state index contributed by atoms with van der Waals surface area (Å²) in [7, 11) is 0. The highest BCUT2D eigenvalue weighted by molar-refractivity contribution is 5.95. The zero-order valence-corrected chi connectivity index (χ0v) is 15.9. The summed E-state index contributed by atoms with van der Waals surface area (Å²) in [4.78, 5) is 27.1. The number of alkyl halides is 3. The second-order valence-electron chi connectivity index (χ2n) is 7.10. The Morgan fingerprint density at radius 2 is 1.74 bits per heavy atom. The van der Waals surface area contributed by atoms with Crippen molar-refractivity contribution in [1.82, 2.24) is 19.2 Å². The largest absolute Gasteiger partial charge is 0.454 e. The van der Waals surface area contributed by atoms with Crippen LogP contribution < -0.4 is 15.2 Å². The lowest BCUT2D eigenvalue weighted by molar-refractivity contribution is -0.137. The van der Waals surface area contributed by atoms with E-state index in [0.29, 0.717) is 29.4 Å². The van der Waals surface area contributed by atoms with Crippen molar-refractivity contribution < 1.29 is 27.4 Å². The standard InChI is InChI=1S/C20H15F3N4O4/c21-20(22,23)13-2-4-14(5-3-13)27-19(29)26-8-7-25(10-17(26)24-27)18(28)12-1-6-15-16(9-12)31-11-30-15/h1-6,9H,7-8,10-11H2. The Labute approximate surface area is 173 Å². The van der Waals surface area contributed by atoms with Crippen LogP contribution in [-0.4, -0.2) is 38.5 Å². The van der Waals surface area contributed by atoms with Crippen LogP contribution in [0.2, 0.25) is 0 Å². The molecule has 3 heterocycles. The van der Waals surface area contributed by atoms with Crippen LogP contribution in [0, 0.1) is 0 Å². The van der Waals surface area contributed by atoms with Crippen molar-refractivity contribution in [3.63, 3.8) is 0 Å². The Hall–Kier alpha value is -3.76. The summed E-state index contributed by atoms with van der Waals surface area (Å²) in [6.45, 7) is 0.713. The number of halogens is 3. The van der Waals surface area contributed by atoms with E-state index in [4.69, 9.17) is 9.47 Å². The summed E-state index contributed by atoms with van der Waals surface area (Å²) >= 11 is 0. The van der Waals surface area contributed by atoms with Gasteiger partial charge in [-0.25, -0.2) is 4.79 Å². The smallest absolute Gasteiger partial charge is 0.416 e. The zero-order chi connectivity index (χ0) is 21.8. The number of hydrogen-bond acceptors (Lipinski definition) is 5. The number of carbonyl (C=O) groups is 1. The summed E-state index contributed by atoms with van der Waals surface area (Å²) in [6, 6.07) is 9.09. The molecular weight excluding hydrogens is 417 g/mol. The number of ether oxygens (including phenoxy) is 2. The lowest BCUT2D eigenvalue weighted by Crippen LogP contribution is -2.40. The predicted molar refractivity (Wildman–Crippen MR) is 100 cm³/mol. The van der Waals surface area contributed by atoms with Gasteiger partial charge in [0.1, 0.15) is 0 Å². The second kappa shape index (κ2) is 6.89. The van der Waals surface area contributed by atoms with Crippen LogP contribution in [0.15, 0.2) is 47.3 Å². The van der Waals surface area contributed by atoms with Crippen LogP contribution in [0.4, 0.5) is 13.2 Å². The molecule has 31 heavy (non-hydrogen) atoms. The van der Waals surface area contributed by atoms with Gasteiger partial charge in [0, 0.05) is 18.7 Å². The van der Waals surface area contributed by atoms with Gasteiger partial charge in [0.05, 0.1) is 17.8 Å². The summed E-state index contributed by atoms with van der Waals surface area (Å²) in [5.74, 6) is 1.16. The first kappa shape index (κ1) is 19.2. The van der Waals surface area contributed by atoms with E-state index in [0.717, 1.165) is 16.8 Å². The van der Waals surface area contributed by atoms with Gasteiger partial charge < -0.3 is 14.4 Å². The van der Waals surface area contributed by atoms with Crippen molar-refractivity contribution in [1.29, 1.82) is 0 Å². The number of carbonyl (C=O) groups excluding carboxylic acids is 1. The average Bonchev–Trinajstić information content (AvgIpc) is 3.36. The van der Waals surface area contributed by atoms with Gasteiger partial charge in [0.2, 0.25) is 6.79 Å². The number of amides is 1. The van der Waals surface area contributed by atoms with Gasteiger partial charge in [-0.1, -0.05) is 0 Å². The van der Waals surface area contributed by atoms with Crippen molar-refractivity contribution in [3.8, 4) is 17.2 Å². The SMILES string of the molecule is O=C(c1ccc2c(c1)OCO2)N1CCn2c(nn(-c3ccc(C(F)(F)F)cc3)c2=O)C1. The summed E-state index contributed by atoms with van der Waals surface area (Å²) in [5, 5.41) is 4.24. The summed E-state index contributed by atoms with van der Waals surface area (Å²) in [5.41, 5.74) is -0.644. The van der Waals surface area contributed by atoms with Crippen molar-refractivity contribution in [2.45, 2.75) is 19.3 Å². The highest BCUT2D eigenvalue weighted by Crippen LogP contribution is 2.33. The summed E-state index contributed by atoms with van der Waals surface area (Å²) < 4.78 is 51.4. The molecule has 0 spiro atoms. The number of hydrogen-bond donors (Lipinski definition) is 0. The van der Waals surface area contributed by atoms with Gasteiger partial charge in [-0.15, -0.1) is 5.10 Å². The molecule has 2 aromatic carbocycles. The van der Waals surface area contributed by atoms with E-state index in [1.165, 1.54) is 16.7 Å². The minimum atomic E-state index is -4.47. The van der Waals surface area contributed by atoms with Gasteiger partial charge >= 0.3 is 11.9 Å². The van der Waals surface area contributed by atoms with Crippen LogP contribution in [0.1, 0.15) is 21.7 Å². The molecular formula is C20H15F3N4O4. The van der Waals surface area contributed by atoms with Crippen LogP contribution in [0.5, 0.6) is 11.5 Å². The fourth-order valence-electron chi connectivity index (χ4n) is 3.59. The predicted octanol–water partition coefficient (Wildman–Crippen LogP) is 2.44. The second-order valence-corrected chi connectivity index (χ2v) is 7.10. The van der Waals surface area contributed by atoms with Crippen molar-refractivity contribution in [2.75, 3.05) is 13.3 Å². The maximum atomic E-state index is 12.9. The van der Waals surface area contributed by atoms with Crippen molar-refractivity contribution in [3.05, 3.63) is 69.9 Å². The number of fused-ring (bicyclic) bond motifs is 2. The Bertz CT molecular complexity index is 1230. The number of rotatable bonds is 2. The van der Waals surface area contributed by atoms with Crippen LogP contribution in [0.3, 0.4) is 0 Å². The molecule has 1 amide bonds. The molecule has 0 atom stereocenters. The van der Waals surface area contributed by atoms with E-state index in [9.17, 15) is 22.8 Å². The van der Waals surface area contributed by atoms with E-state index in [1.54, 1.807) is 23.1 Å². The first-order valence-electron chi connectivity index (χ1n) is 9.36. The monoisotopic (exact) mass is 432 g/mol.